The fraction of sp³-hybridized carbons (Fsp3) is 0.500. The topological polar surface area (TPSA) is 82.0 Å². The lowest BCUT2D eigenvalue weighted by Crippen LogP contribution is -2.49. The Labute approximate surface area is 118 Å². The number of nitrogens with zero attached hydrogens (tertiary/aromatic N) is 1. The molecule has 2 rings (SSSR count). The highest BCUT2D eigenvalue weighted by Gasteiger charge is 2.47. The molecule has 1 amide bonds. The summed E-state index contributed by atoms with van der Waals surface area (Å²) in [6, 6.07) is 8.61. The molecular formula is C14H20N2O4. The van der Waals surface area contributed by atoms with Crippen LogP contribution >= 0.6 is 0 Å². The van der Waals surface area contributed by atoms with Gasteiger partial charge in [-0.05, 0) is 5.56 Å². The molecule has 6 heteroatoms. The molecule has 20 heavy (non-hydrogen) atoms. The summed E-state index contributed by atoms with van der Waals surface area (Å²) in [6.45, 7) is 2.04. The van der Waals surface area contributed by atoms with Gasteiger partial charge in [-0.3, -0.25) is 4.90 Å². The number of amides is 1. The first kappa shape index (κ1) is 14.8. The molecule has 1 aliphatic heterocycles. The predicted molar refractivity (Wildman–Crippen MR) is 73.6 cm³/mol. The summed E-state index contributed by atoms with van der Waals surface area (Å²) in [6.07, 6.45) is -1.13. The molecule has 0 saturated carbocycles. The van der Waals surface area contributed by atoms with Gasteiger partial charge in [0.2, 0.25) is 0 Å². The minimum Gasteiger partial charge on any atom is -0.465 e. The molecular weight excluding hydrogens is 260 g/mol. The number of hydrogen-bond acceptors (Lipinski definition) is 4. The Bertz CT molecular complexity index is 454. The first-order valence-corrected chi connectivity index (χ1v) is 6.55. The number of ether oxygens (including phenoxy) is 1. The lowest BCUT2D eigenvalue weighted by molar-refractivity contribution is 0.0218. The maximum Gasteiger partial charge on any atom is 0.405 e. The van der Waals surface area contributed by atoms with Gasteiger partial charge < -0.3 is 20.3 Å². The third kappa shape index (κ3) is 3.09. The minimum absolute atomic E-state index is 0.380. The fourth-order valence-electron chi connectivity index (χ4n) is 2.65. The number of methoxy groups -OCH3 is 1. The maximum atomic E-state index is 10.9. The molecule has 3 N–H and O–H groups in total. The van der Waals surface area contributed by atoms with Gasteiger partial charge in [0.25, 0.3) is 0 Å². The average molecular weight is 280 g/mol. The fourth-order valence-corrected chi connectivity index (χ4v) is 2.65. The van der Waals surface area contributed by atoms with E-state index in [0.29, 0.717) is 26.2 Å². The molecule has 0 aliphatic carbocycles. The monoisotopic (exact) mass is 280 g/mol. The number of hydrogen-bond donors (Lipinski definition) is 3. The van der Waals surface area contributed by atoms with Gasteiger partial charge >= 0.3 is 6.09 Å². The quantitative estimate of drug-likeness (QED) is 0.730. The van der Waals surface area contributed by atoms with Crippen LogP contribution in [0.15, 0.2) is 30.3 Å². The van der Waals surface area contributed by atoms with Crippen molar-refractivity contribution in [2.75, 3.05) is 33.4 Å². The molecule has 1 aliphatic rings. The summed E-state index contributed by atoms with van der Waals surface area (Å²) in [5.74, 6) is 0. The summed E-state index contributed by atoms with van der Waals surface area (Å²) >= 11 is 0. The van der Waals surface area contributed by atoms with Crippen molar-refractivity contribution in [1.29, 1.82) is 0 Å². The maximum absolute atomic E-state index is 10.9. The Hall–Kier alpha value is -1.63. The van der Waals surface area contributed by atoms with Gasteiger partial charge in [-0.1, -0.05) is 30.3 Å². The van der Waals surface area contributed by atoms with E-state index in [1.165, 1.54) is 0 Å². The van der Waals surface area contributed by atoms with Crippen molar-refractivity contribution >= 4 is 6.09 Å². The van der Waals surface area contributed by atoms with E-state index in [4.69, 9.17) is 9.84 Å². The molecule has 0 radical (unpaired) electrons. The highest BCUT2D eigenvalue weighted by Crippen LogP contribution is 2.32. The Morgan fingerprint density at radius 3 is 2.80 bits per heavy atom. The number of rotatable bonds is 5. The molecule has 0 aromatic heterocycles. The molecule has 1 fully saturated rings. The van der Waals surface area contributed by atoms with E-state index in [1.54, 1.807) is 7.11 Å². The van der Waals surface area contributed by atoms with Crippen LogP contribution in [-0.2, 0) is 10.3 Å². The molecule has 1 heterocycles. The van der Waals surface area contributed by atoms with Gasteiger partial charge in [-0.15, -0.1) is 0 Å². The van der Waals surface area contributed by atoms with E-state index >= 15 is 0 Å². The number of nitrogens with one attached hydrogen (secondary N) is 1. The van der Waals surface area contributed by atoms with Gasteiger partial charge in [0, 0.05) is 26.7 Å². The van der Waals surface area contributed by atoms with Crippen molar-refractivity contribution in [3.63, 3.8) is 0 Å². The predicted octanol–water partition coefficient (Wildman–Crippen LogP) is 0.472. The summed E-state index contributed by atoms with van der Waals surface area (Å²) in [4.78, 5) is 12.9. The number of likely N-dealkylation sites (tertiary alicyclic amines) is 1. The highest BCUT2D eigenvalue weighted by atomic mass is 16.5. The Kier molecular flexibility index (Phi) is 4.59. The second-order valence-corrected chi connectivity index (χ2v) is 5.02. The van der Waals surface area contributed by atoms with Crippen LogP contribution in [0.3, 0.4) is 0 Å². The van der Waals surface area contributed by atoms with Crippen LogP contribution < -0.4 is 5.32 Å². The van der Waals surface area contributed by atoms with Crippen molar-refractivity contribution < 1.29 is 19.7 Å². The number of β-amino-alcohol motifs (C(OH)–C–C–N with tert-alkyl or cyclic N) is 1. The highest BCUT2D eigenvalue weighted by molar-refractivity contribution is 5.65. The minimum atomic E-state index is -1.21. The molecule has 110 valence electrons. The first-order valence-electron chi connectivity index (χ1n) is 6.55. The van der Waals surface area contributed by atoms with Crippen molar-refractivity contribution in [2.24, 2.45) is 0 Å². The van der Waals surface area contributed by atoms with Crippen LogP contribution in [-0.4, -0.2) is 60.6 Å². The van der Waals surface area contributed by atoms with Crippen LogP contribution in [0.4, 0.5) is 4.79 Å². The van der Waals surface area contributed by atoms with E-state index in [2.05, 4.69) is 5.32 Å². The molecule has 1 saturated heterocycles. The molecule has 0 spiro atoms. The van der Waals surface area contributed by atoms with Gasteiger partial charge in [-0.25, -0.2) is 4.79 Å². The third-order valence-corrected chi connectivity index (χ3v) is 3.66. The largest absolute Gasteiger partial charge is 0.465 e. The van der Waals surface area contributed by atoms with Gasteiger partial charge in [0.1, 0.15) is 5.60 Å². The summed E-state index contributed by atoms with van der Waals surface area (Å²) in [5.41, 5.74) is -0.494. The molecule has 2 atom stereocenters. The number of aliphatic hydroxyl groups is 1. The Balaban J connectivity index is 2.20. The molecule has 0 bridgehead atoms. The van der Waals surface area contributed by atoms with E-state index in [9.17, 15) is 9.90 Å². The normalized spacial score (nSPS) is 26.6. The first-order chi connectivity index (χ1) is 9.56. The second kappa shape index (κ2) is 6.21. The van der Waals surface area contributed by atoms with Crippen molar-refractivity contribution in [3.8, 4) is 0 Å². The van der Waals surface area contributed by atoms with E-state index in [0.717, 1.165) is 5.56 Å². The molecule has 1 aromatic carbocycles. The Morgan fingerprint density at radius 1 is 1.50 bits per heavy atom. The zero-order valence-electron chi connectivity index (χ0n) is 11.5. The molecule has 1 aromatic rings. The van der Waals surface area contributed by atoms with Gasteiger partial charge in [0.15, 0.2) is 0 Å². The van der Waals surface area contributed by atoms with Crippen LogP contribution in [0.1, 0.15) is 5.56 Å². The number of benzene rings is 1. The van der Waals surface area contributed by atoms with Crippen LogP contribution in [0.25, 0.3) is 0 Å². The number of carboxylic acid groups (broad SMARTS) is 1. The second-order valence-electron chi connectivity index (χ2n) is 5.02. The Morgan fingerprint density at radius 2 is 2.20 bits per heavy atom. The molecule has 6 nitrogen and oxygen atoms in total. The zero-order chi connectivity index (χ0) is 14.6. The van der Waals surface area contributed by atoms with Crippen LogP contribution in [0.2, 0.25) is 0 Å². The number of carbonyl (C=O) groups is 1. The SMILES string of the molecule is COCCN1C[C@@H](NC(=O)O)[C@](O)(c2ccccc2)C1. The summed E-state index contributed by atoms with van der Waals surface area (Å²) in [5, 5.41) is 22.3. The van der Waals surface area contributed by atoms with Crippen molar-refractivity contribution in [2.45, 2.75) is 11.6 Å². The summed E-state index contributed by atoms with van der Waals surface area (Å²) < 4.78 is 5.03. The lowest BCUT2D eigenvalue weighted by atomic mass is 9.89. The van der Waals surface area contributed by atoms with Crippen molar-refractivity contribution in [1.82, 2.24) is 10.2 Å². The standard InChI is InChI=1S/C14H20N2O4/c1-20-8-7-16-9-12(15-13(17)18)14(19,10-16)11-5-3-2-4-6-11/h2-6,12,15,19H,7-10H2,1H3,(H,17,18)/t12-,14-/m1/s1. The third-order valence-electron chi connectivity index (χ3n) is 3.66. The smallest absolute Gasteiger partial charge is 0.405 e. The molecule has 0 unspecified atom stereocenters. The van der Waals surface area contributed by atoms with Crippen LogP contribution in [0.5, 0.6) is 0 Å². The average Bonchev–Trinajstić information content (AvgIpc) is 2.75. The van der Waals surface area contributed by atoms with Gasteiger partial charge in [0.05, 0.1) is 12.6 Å². The van der Waals surface area contributed by atoms with Crippen LogP contribution in [0, 0.1) is 0 Å². The van der Waals surface area contributed by atoms with E-state index in [-0.39, 0.29) is 0 Å². The van der Waals surface area contributed by atoms with Crippen molar-refractivity contribution in [3.05, 3.63) is 35.9 Å². The van der Waals surface area contributed by atoms with E-state index < -0.39 is 17.7 Å². The zero-order valence-corrected chi connectivity index (χ0v) is 11.5. The van der Waals surface area contributed by atoms with E-state index in [1.807, 2.05) is 35.2 Å². The summed E-state index contributed by atoms with van der Waals surface area (Å²) in [7, 11) is 1.62. The van der Waals surface area contributed by atoms with Gasteiger partial charge in [-0.2, -0.15) is 0 Å². The lowest BCUT2D eigenvalue weighted by Gasteiger charge is -2.29.